The minimum absolute atomic E-state index is 0. The third-order valence-corrected chi connectivity index (χ3v) is 6.32. The molecule has 3 heterocycles. The van der Waals surface area contributed by atoms with Gasteiger partial charge >= 0.3 is 0 Å². The van der Waals surface area contributed by atoms with Crippen molar-refractivity contribution >= 4 is 32.7 Å². The topological polar surface area (TPSA) is 38.9 Å². The van der Waals surface area contributed by atoms with Crippen molar-refractivity contribution in [2.75, 3.05) is 0 Å². The summed E-state index contributed by atoms with van der Waals surface area (Å²) in [6.45, 7) is -9.92. The van der Waals surface area contributed by atoms with E-state index in [2.05, 4.69) is 22.1 Å². The molecule has 0 unspecified atom stereocenters. The number of nitrogens with zero attached hydrogens (tertiary/aromatic N) is 2. The van der Waals surface area contributed by atoms with Crippen LogP contribution < -0.4 is 0 Å². The van der Waals surface area contributed by atoms with E-state index in [0.29, 0.717) is 16.4 Å². The van der Waals surface area contributed by atoms with Crippen molar-refractivity contribution in [1.29, 1.82) is 0 Å². The van der Waals surface area contributed by atoms with Crippen molar-refractivity contribution < 1.29 is 41.0 Å². The van der Waals surface area contributed by atoms with Crippen molar-refractivity contribution in [3.8, 4) is 22.5 Å². The molecular weight excluding hydrogens is 669 g/mol. The summed E-state index contributed by atoms with van der Waals surface area (Å²) < 4.78 is 98.6. The first-order valence-corrected chi connectivity index (χ1v) is 12.1. The number of fused-ring (bicyclic) bond motifs is 4. The zero-order chi connectivity index (χ0) is 36.9. The van der Waals surface area contributed by atoms with Crippen molar-refractivity contribution in [3.63, 3.8) is 0 Å². The predicted molar refractivity (Wildman–Crippen MR) is 161 cm³/mol. The van der Waals surface area contributed by atoms with E-state index < -0.39 is 27.4 Å². The van der Waals surface area contributed by atoms with Crippen LogP contribution in [0.2, 0.25) is 0 Å². The fraction of sp³-hybridized carbons (Fsp3) is 0.111. The monoisotopic (exact) mass is 709 g/mol. The van der Waals surface area contributed by atoms with Crippen LogP contribution in [0.25, 0.3) is 55.2 Å². The van der Waals surface area contributed by atoms with Gasteiger partial charge in [-0.2, -0.15) is 0 Å². The summed E-state index contributed by atoms with van der Waals surface area (Å²) in [5, 5.41) is 2.76. The Hall–Kier alpha value is -4.11. The van der Waals surface area contributed by atoms with Crippen LogP contribution in [-0.4, -0.2) is 9.97 Å². The summed E-state index contributed by atoms with van der Waals surface area (Å²) in [6, 6.07) is 30.5. The smallest absolute Gasteiger partial charge is 0.121 e. The Balaban J connectivity index is 0.000000258. The third-order valence-electron chi connectivity index (χ3n) is 6.32. The first kappa shape index (κ1) is 16.2. The molecule has 0 amide bonds. The van der Waals surface area contributed by atoms with Crippen LogP contribution in [0.3, 0.4) is 0 Å². The van der Waals surface area contributed by atoms with Gasteiger partial charge in [0.05, 0.1) is 5.58 Å². The van der Waals surface area contributed by atoms with E-state index in [0.717, 1.165) is 28.2 Å². The van der Waals surface area contributed by atoms with Crippen molar-refractivity contribution in [2.24, 2.45) is 0 Å². The quantitative estimate of drug-likeness (QED) is 0.168. The maximum atomic E-state index is 8.04. The van der Waals surface area contributed by atoms with Gasteiger partial charge in [0.15, 0.2) is 0 Å². The standard InChI is InChI=1S/C24H18NO.C12H10N.Ir/c1-14-8-9-19(21-10-15(2)16(3)13-25-21)24-23(14)20-11-17-6-4-5-7-18(17)12-22(20)26-24;1-10-7-8-12(13-9-10)11-5-3-2-4-6-11;/h4-8,10-13H,1-3H3;2-5,7-9H,1H3;/q2*-1;/i1D3,2D3,3D3;1D3;. The van der Waals surface area contributed by atoms with Gasteiger partial charge < -0.3 is 14.4 Å². The Labute approximate surface area is 265 Å². The van der Waals surface area contributed by atoms with E-state index in [4.69, 9.17) is 20.9 Å². The number of pyridine rings is 2. The number of hydrogen-bond acceptors (Lipinski definition) is 3. The molecule has 0 aliphatic rings. The minimum atomic E-state index is -2.70. The van der Waals surface area contributed by atoms with Gasteiger partial charge in [-0.3, -0.25) is 0 Å². The predicted octanol–water partition coefficient (Wildman–Crippen LogP) is 9.38. The molecular formula is C36H28IrN2O-2. The van der Waals surface area contributed by atoms with Gasteiger partial charge in [0, 0.05) is 54.3 Å². The van der Waals surface area contributed by atoms with E-state index in [1.165, 1.54) is 18.3 Å². The molecule has 1 radical (unpaired) electrons. The molecule has 199 valence electrons. The normalized spacial score (nSPS) is 16.5. The minimum Gasteiger partial charge on any atom is -0.501 e. The van der Waals surface area contributed by atoms with Gasteiger partial charge in [-0.1, -0.05) is 65.8 Å². The molecule has 0 aliphatic carbocycles. The molecule has 7 rings (SSSR count). The maximum Gasteiger partial charge on any atom is 0.121 e. The summed E-state index contributed by atoms with van der Waals surface area (Å²) in [5.41, 5.74) is 2.18. The third kappa shape index (κ3) is 5.34. The van der Waals surface area contributed by atoms with Crippen LogP contribution in [0, 0.1) is 39.5 Å². The Morgan fingerprint density at radius 2 is 1.52 bits per heavy atom. The largest absolute Gasteiger partial charge is 0.501 e. The molecule has 0 saturated carbocycles. The molecule has 0 saturated heterocycles. The Morgan fingerprint density at radius 1 is 0.725 bits per heavy atom. The second kappa shape index (κ2) is 11.6. The number of aromatic nitrogens is 2. The van der Waals surface area contributed by atoms with Gasteiger partial charge in [-0.25, -0.2) is 0 Å². The summed E-state index contributed by atoms with van der Waals surface area (Å²) in [5.74, 6) is 0. The zero-order valence-electron chi connectivity index (χ0n) is 32.9. The molecule has 0 N–H and O–H groups in total. The average molecular weight is 709 g/mol. The second-order valence-corrected chi connectivity index (χ2v) is 8.90. The average Bonchev–Trinajstić information content (AvgIpc) is 3.44. The molecule has 0 atom stereocenters. The Kier molecular flexibility index (Phi) is 4.69. The van der Waals surface area contributed by atoms with Crippen molar-refractivity contribution in [3.05, 3.63) is 132 Å². The molecule has 0 spiro atoms. The van der Waals surface area contributed by atoms with Crippen LogP contribution in [0.1, 0.15) is 38.7 Å². The van der Waals surface area contributed by atoms with Crippen LogP contribution in [0.5, 0.6) is 0 Å². The summed E-state index contributed by atoms with van der Waals surface area (Å²) >= 11 is 0. The molecule has 40 heavy (non-hydrogen) atoms. The van der Waals surface area contributed by atoms with Gasteiger partial charge in [-0.15, -0.1) is 53.6 Å². The van der Waals surface area contributed by atoms with Gasteiger partial charge in [0.2, 0.25) is 0 Å². The molecule has 3 aromatic heterocycles. The Morgan fingerprint density at radius 3 is 2.25 bits per heavy atom. The van der Waals surface area contributed by atoms with Crippen molar-refractivity contribution in [1.82, 2.24) is 9.97 Å². The number of rotatable bonds is 2. The SMILES string of the molecule is [2H]C([2H])([2H])c1ccc(-c2[c-]cccc2)nc1.[2H]C([2H])([2H])c1cnc(-c2[c-]cc(C([2H])([2H])[2H])c3c2oc2cc4ccccc4cc23)cc1C([2H])([2H])[2H].[Ir]. The fourth-order valence-electron chi connectivity index (χ4n) is 4.40. The van der Waals surface area contributed by atoms with E-state index in [1.807, 2.05) is 54.6 Å². The molecule has 4 heteroatoms. The molecule has 0 bridgehead atoms. The maximum absolute atomic E-state index is 8.04. The first-order valence-electron chi connectivity index (χ1n) is 18.1. The fourth-order valence-corrected chi connectivity index (χ4v) is 4.40. The summed E-state index contributed by atoms with van der Waals surface area (Å²) in [4.78, 5) is 8.34. The van der Waals surface area contributed by atoms with Crippen LogP contribution in [0.4, 0.5) is 0 Å². The number of aryl methyl sites for hydroxylation is 4. The van der Waals surface area contributed by atoms with E-state index in [9.17, 15) is 0 Å². The molecule has 0 fully saturated rings. The van der Waals surface area contributed by atoms with Gasteiger partial charge in [0.25, 0.3) is 0 Å². The molecule has 4 aromatic carbocycles. The van der Waals surface area contributed by atoms with E-state index in [-0.39, 0.29) is 59.2 Å². The zero-order valence-corrected chi connectivity index (χ0v) is 23.3. The number of furan rings is 1. The van der Waals surface area contributed by atoms with Gasteiger partial charge in [-0.05, 0) is 66.0 Å². The number of hydrogen-bond donors (Lipinski definition) is 0. The molecule has 3 nitrogen and oxygen atoms in total. The second-order valence-electron chi connectivity index (χ2n) is 8.90. The van der Waals surface area contributed by atoms with Crippen LogP contribution in [0.15, 0.2) is 102 Å². The molecule has 0 aliphatic heterocycles. The van der Waals surface area contributed by atoms with Gasteiger partial charge in [0.1, 0.15) is 5.58 Å². The summed E-state index contributed by atoms with van der Waals surface area (Å²) in [6.07, 6.45) is 2.42. The summed E-state index contributed by atoms with van der Waals surface area (Å²) in [7, 11) is 0. The Bertz CT molecular complexity index is 2360. The van der Waals surface area contributed by atoms with Crippen LogP contribution in [-0.2, 0) is 20.1 Å². The first-order chi connectivity index (χ1) is 23.8. The number of benzene rings is 4. The van der Waals surface area contributed by atoms with Crippen LogP contribution >= 0.6 is 0 Å². The van der Waals surface area contributed by atoms with Crippen molar-refractivity contribution in [2.45, 2.75) is 27.4 Å². The van der Waals surface area contributed by atoms with E-state index >= 15 is 0 Å². The van der Waals surface area contributed by atoms with E-state index in [1.54, 1.807) is 18.2 Å². The molecule has 7 aromatic rings.